The highest BCUT2D eigenvalue weighted by molar-refractivity contribution is 7.98. The van der Waals surface area contributed by atoms with Gasteiger partial charge in [0.25, 0.3) is 0 Å². The zero-order valence-corrected chi connectivity index (χ0v) is 16.7. The predicted molar refractivity (Wildman–Crippen MR) is 105 cm³/mol. The fourth-order valence-electron chi connectivity index (χ4n) is 2.12. The van der Waals surface area contributed by atoms with E-state index in [1.54, 1.807) is 30.3 Å². The van der Waals surface area contributed by atoms with Crippen LogP contribution < -0.4 is 14.8 Å². The Morgan fingerprint density at radius 1 is 1.23 bits per heavy atom. The first-order valence-corrected chi connectivity index (χ1v) is 10.7. The third-order valence-electron chi connectivity index (χ3n) is 3.28. The van der Waals surface area contributed by atoms with Gasteiger partial charge in [-0.1, -0.05) is 23.7 Å². The molecule has 0 bridgehead atoms. The zero-order chi connectivity index (χ0) is 19.2. The van der Waals surface area contributed by atoms with Crippen molar-refractivity contribution < 1.29 is 17.9 Å². The van der Waals surface area contributed by atoms with Crippen LogP contribution in [0.1, 0.15) is 6.92 Å². The fraction of sp³-hybridized carbons (Fsp3) is 0.235. The van der Waals surface area contributed by atoms with E-state index in [0.717, 1.165) is 4.90 Å². The number of amides is 1. The second kappa shape index (κ2) is 9.27. The highest BCUT2D eigenvalue weighted by atomic mass is 35.5. The van der Waals surface area contributed by atoms with Gasteiger partial charge in [0.1, 0.15) is 12.4 Å². The molecule has 140 valence electrons. The number of nitrogens with one attached hydrogen (secondary N) is 2. The lowest BCUT2D eigenvalue weighted by molar-refractivity contribution is -0.114. The summed E-state index contributed by atoms with van der Waals surface area (Å²) in [6, 6.07) is 11.5. The molecule has 0 spiro atoms. The third kappa shape index (κ3) is 5.63. The maximum absolute atomic E-state index is 12.4. The summed E-state index contributed by atoms with van der Waals surface area (Å²) in [5.41, 5.74) is 0.459. The number of hydrogen-bond acceptors (Lipinski definition) is 5. The number of halogens is 1. The minimum atomic E-state index is -3.73. The maximum atomic E-state index is 12.4. The van der Waals surface area contributed by atoms with Crippen molar-refractivity contribution in [2.45, 2.75) is 16.7 Å². The second-order valence-electron chi connectivity index (χ2n) is 5.22. The van der Waals surface area contributed by atoms with Crippen LogP contribution >= 0.6 is 23.4 Å². The molecule has 0 aromatic heterocycles. The van der Waals surface area contributed by atoms with E-state index in [4.69, 9.17) is 16.3 Å². The highest BCUT2D eigenvalue weighted by Crippen LogP contribution is 2.28. The standard InChI is InChI=1S/C17H19ClN2O4S2/c1-12(21)20-15-11-13(7-8-17(15)25-2)26(22,23)19-9-10-24-16-6-4-3-5-14(16)18/h3-8,11,19H,9-10H2,1-2H3,(H,20,21). The van der Waals surface area contributed by atoms with Crippen LogP contribution in [0.5, 0.6) is 5.75 Å². The number of carbonyl (C=O) groups excluding carboxylic acids is 1. The van der Waals surface area contributed by atoms with Crippen LogP contribution in [0.4, 0.5) is 5.69 Å². The number of rotatable bonds is 8. The van der Waals surface area contributed by atoms with E-state index in [2.05, 4.69) is 10.0 Å². The lowest BCUT2D eigenvalue weighted by atomic mass is 10.3. The van der Waals surface area contributed by atoms with E-state index in [-0.39, 0.29) is 24.0 Å². The van der Waals surface area contributed by atoms with Gasteiger partial charge in [-0.2, -0.15) is 0 Å². The molecule has 0 radical (unpaired) electrons. The van der Waals surface area contributed by atoms with E-state index in [9.17, 15) is 13.2 Å². The van der Waals surface area contributed by atoms with Gasteiger partial charge in [-0.05, 0) is 36.6 Å². The van der Waals surface area contributed by atoms with Crippen molar-refractivity contribution in [3.8, 4) is 5.75 Å². The molecule has 0 saturated heterocycles. The first-order valence-electron chi connectivity index (χ1n) is 7.66. The molecule has 2 rings (SSSR count). The molecule has 2 aromatic carbocycles. The molecule has 1 amide bonds. The van der Waals surface area contributed by atoms with Gasteiger partial charge < -0.3 is 10.1 Å². The summed E-state index contributed by atoms with van der Waals surface area (Å²) in [7, 11) is -3.73. The minimum absolute atomic E-state index is 0.0665. The van der Waals surface area contributed by atoms with Crippen molar-refractivity contribution in [1.82, 2.24) is 4.72 Å². The molecular formula is C17H19ClN2O4S2. The zero-order valence-electron chi connectivity index (χ0n) is 14.3. The van der Waals surface area contributed by atoms with E-state index in [1.807, 2.05) is 6.26 Å². The molecule has 2 N–H and O–H groups in total. The van der Waals surface area contributed by atoms with Crippen molar-refractivity contribution in [3.63, 3.8) is 0 Å². The molecule has 0 saturated carbocycles. The SMILES string of the molecule is CSc1ccc(S(=O)(=O)NCCOc2ccccc2Cl)cc1NC(C)=O. The van der Waals surface area contributed by atoms with E-state index in [0.29, 0.717) is 16.5 Å². The average Bonchev–Trinajstić information content (AvgIpc) is 2.59. The summed E-state index contributed by atoms with van der Waals surface area (Å²) in [6.07, 6.45) is 1.85. The average molecular weight is 415 g/mol. The lowest BCUT2D eigenvalue weighted by Gasteiger charge is -2.12. The van der Waals surface area contributed by atoms with Crippen molar-refractivity contribution in [2.24, 2.45) is 0 Å². The van der Waals surface area contributed by atoms with Gasteiger partial charge in [0.2, 0.25) is 15.9 Å². The Balaban J connectivity index is 2.03. The molecule has 0 aliphatic carbocycles. The Kier molecular flexibility index (Phi) is 7.33. The molecule has 0 atom stereocenters. The number of sulfonamides is 1. The van der Waals surface area contributed by atoms with Gasteiger partial charge in [0.05, 0.1) is 15.6 Å². The maximum Gasteiger partial charge on any atom is 0.240 e. The molecule has 0 fully saturated rings. The Morgan fingerprint density at radius 3 is 2.62 bits per heavy atom. The summed E-state index contributed by atoms with van der Waals surface area (Å²) in [4.78, 5) is 12.1. The van der Waals surface area contributed by atoms with Crippen molar-refractivity contribution >= 4 is 45.0 Å². The monoisotopic (exact) mass is 414 g/mol. The first kappa shape index (κ1) is 20.6. The summed E-state index contributed by atoms with van der Waals surface area (Å²) in [5, 5.41) is 3.10. The van der Waals surface area contributed by atoms with Crippen molar-refractivity contribution in [2.75, 3.05) is 24.7 Å². The topological polar surface area (TPSA) is 84.5 Å². The smallest absolute Gasteiger partial charge is 0.240 e. The predicted octanol–water partition coefficient (Wildman–Crippen LogP) is 3.38. The van der Waals surface area contributed by atoms with Crippen molar-refractivity contribution in [3.05, 3.63) is 47.5 Å². The molecule has 9 heteroatoms. The largest absolute Gasteiger partial charge is 0.491 e. The number of thioether (sulfide) groups is 1. The van der Waals surface area contributed by atoms with Crippen LogP contribution in [0.25, 0.3) is 0 Å². The van der Waals surface area contributed by atoms with E-state index >= 15 is 0 Å². The Hall–Kier alpha value is -1.74. The van der Waals surface area contributed by atoms with Gasteiger partial charge in [-0.25, -0.2) is 13.1 Å². The van der Waals surface area contributed by atoms with Crippen LogP contribution in [-0.4, -0.2) is 33.7 Å². The number of carbonyl (C=O) groups is 1. The fourth-order valence-corrected chi connectivity index (χ4v) is 3.89. The summed E-state index contributed by atoms with van der Waals surface area (Å²) in [5.74, 6) is 0.224. The van der Waals surface area contributed by atoms with Crippen LogP contribution in [0.2, 0.25) is 5.02 Å². The number of para-hydroxylation sites is 1. The highest BCUT2D eigenvalue weighted by Gasteiger charge is 2.16. The number of anilines is 1. The van der Waals surface area contributed by atoms with E-state index < -0.39 is 10.0 Å². The summed E-state index contributed by atoms with van der Waals surface area (Å²) >= 11 is 7.39. The number of benzene rings is 2. The van der Waals surface area contributed by atoms with Gasteiger partial charge in [-0.15, -0.1) is 11.8 Å². The third-order valence-corrected chi connectivity index (χ3v) is 5.85. The quantitative estimate of drug-likeness (QED) is 0.511. The molecule has 6 nitrogen and oxygen atoms in total. The van der Waals surface area contributed by atoms with Crippen LogP contribution in [0.15, 0.2) is 52.3 Å². The van der Waals surface area contributed by atoms with Gasteiger partial charge >= 0.3 is 0 Å². The van der Waals surface area contributed by atoms with Gasteiger partial charge in [-0.3, -0.25) is 4.79 Å². The Bertz CT molecular complexity index is 888. The van der Waals surface area contributed by atoms with Crippen LogP contribution in [-0.2, 0) is 14.8 Å². The Morgan fingerprint density at radius 2 is 1.96 bits per heavy atom. The Labute approximate surface area is 162 Å². The normalized spacial score (nSPS) is 11.2. The lowest BCUT2D eigenvalue weighted by Crippen LogP contribution is -2.28. The summed E-state index contributed by atoms with van der Waals surface area (Å²) < 4.78 is 32.8. The van der Waals surface area contributed by atoms with Crippen LogP contribution in [0.3, 0.4) is 0 Å². The molecule has 2 aromatic rings. The van der Waals surface area contributed by atoms with E-state index in [1.165, 1.54) is 30.8 Å². The number of ether oxygens (including phenoxy) is 1. The molecule has 0 heterocycles. The molecule has 26 heavy (non-hydrogen) atoms. The second-order valence-corrected chi connectivity index (χ2v) is 8.24. The van der Waals surface area contributed by atoms with Gasteiger partial charge in [0.15, 0.2) is 0 Å². The first-order chi connectivity index (χ1) is 12.3. The van der Waals surface area contributed by atoms with Crippen LogP contribution in [0, 0.1) is 0 Å². The number of hydrogen-bond donors (Lipinski definition) is 2. The molecule has 0 unspecified atom stereocenters. The molecule has 0 aliphatic rings. The minimum Gasteiger partial charge on any atom is -0.491 e. The molecular weight excluding hydrogens is 396 g/mol. The summed E-state index contributed by atoms with van der Waals surface area (Å²) in [6.45, 7) is 1.58. The van der Waals surface area contributed by atoms with Crippen molar-refractivity contribution in [1.29, 1.82) is 0 Å². The molecule has 0 aliphatic heterocycles. The van der Waals surface area contributed by atoms with Gasteiger partial charge in [0, 0.05) is 18.4 Å².